The van der Waals surface area contributed by atoms with Gasteiger partial charge in [-0.1, -0.05) is 91.0 Å². The first-order chi connectivity index (χ1) is 12.9. The molecule has 26 heavy (non-hydrogen) atoms. The fraction of sp³-hybridized carbons (Fsp3) is 0. The fourth-order valence-electron chi connectivity index (χ4n) is 2.50. The molecular formula is C23H20ClNiP-. The van der Waals surface area contributed by atoms with Crippen molar-refractivity contribution in [3.63, 3.8) is 0 Å². The Morgan fingerprint density at radius 3 is 1.04 bits per heavy atom. The molecule has 0 nitrogen and oxygen atoms in total. The smallest absolute Gasteiger partial charge is 0.0134 e. The van der Waals surface area contributed by atoms with E-state index < -0.39 is 7.92 Å². The molecule has 0 aliphatic carbocycles. The average molecular weight is 422 g/mol. The Bertz CT molecular complexity index is 692. The summed E-state index contributed by atoms with van der Waals surface area (Å²) in [4.78, 5) is 0. The monoisotopic (exact) mass is 420 g/mol. The van der Waals surface area contributed by atoms with Crippen molar-refractivity contribution in [1.82, 2.24) is 0 Å². The van der Waals surface area contributed by atoms with Gasteiger partial charge in [-0.05, 0) is 23.8 Å². The molecule has 0 bridgehead atoms. The topological polar surface area (TPSA) is 0 Å². The van der Waals surface area contributed by atoms with Crippen LogP contribution in [-0.2, 0) is 14.6 Å². The van der Waals surface area contributed by atoms with Gasteiger partial charge in [0.1, 0.15) is 0 Å². The van der Waals surface area contributed by atoms with Gasteiger partial charge in [0, 0.05) is 0 Å². The van der Waals surface area contributed by atoms with Crippen LogP contribution < -0.4 is 15.9 Å². The Labute approximate surface area is 169 Å². The van der Waals surface area contributed by atoms with Crippen molar-refractivity contribution in [3.05, 3.63) is 121 Å². The molecule has 4 aromatic rings. The summed E-state index contributed by atoms with van der Waals surface area (Å²) in [6.45, 7) is 0. The Morgan fingerprint density at radius 2 is 0.808 bits per heavy atom. The maximum atomic E-state index is 4.26. The van der Waals surface area contributed by atoms with Crippen molar-refractivity contribution < 1.29 is 14.6 Å². The van der Waals surface area contributed by atoms with Crippen LogP contribution in [0.5, 0.6) is 0 Å². The molecule has 0 saturated heterocycles. The summed E-state index contributed by atoms with van der Waals surface area (Å²) in [6, 6.07) is 42.3. The number of rotatable bonds is 3. The first-order valence-corrected chi connectivity index (χ1v) is 10.9. The van der Waals surface area contributed by atoms with E-state index in [-0.39, 0.29) is 0 Å². The second-order valence-electron chi connectivity index (χ2n) is 5.30. The number of hydrogen-bond donors (Lipinski definition) is 0. The molecule has 0 radical (unpaired) electrons. The quantitative estimate of drug-likeness (QED) is 0.232. The first-order valence-electron chi connectivity index (χ1n) is 8.19. The zero-order valence-corrected chi connectivity index (χ0v) is 16.8. The minimum Gasteiger partial charge on any atom is -0.214 e. The van der Waals surface area contributed by atoms with Crippen LogP contribution in [0.3, 0.4) is 0 Å². The van der Waals surface area contributed by atoms with E-state index in [1.165, 1.54) is 15.9 Å². The summed E-state index contributed by atoms with van der Waals surface area (Å²) in [7, 11) is 3.82. The van der Waals surface area contributed by atoms with E-state index in [0.717, 1.165) is 0 Å². The van der Waals surface area contributed by atoms with E-state index in [2.05, 4.69) is 116 Å². The number of benzene rings is 3. The van der Waals surface area contributed by atoms with E-state index in [1.54, 1.807) is 0 Å². The molecule has 0 heterocycles. The second kappa shape index (κ2) is 12.6. The zero-order valence-electron chi connectivity index (χ0n) is 14.2. The van der Waals surface area contributed by atoms with Crippen molar-refractivity contribution in [1.29, 1.82) is 0 Å². The standard InChI is InChI=1S/C18H15P.C5H5.ClH.Ni/c1-4-10-16(11-5-1)19(17-12-6-2-7-13-17)18-14-8-3-9-15-18;1-2-4-5-3-1;;/h1-15H;1-5H;1H;/q;-1;;+1/p-1. The van der Waals surface area contributed by atoms with Gasteiger partial charge in [0.25, 0.3) is 0 Å². The Hall–Kier alpha value is -1.78. The van der Waals surface area contributed by atoms with Gasteiger partial charge >= 0.3 is 24.8 Å². The SMILES string of the molecule is [Cl][Ni].c1cc[cH-]c1.c1ccc(P(c2ccccc2)c2ccccc2)cc1. The van der Waals surface area contributed by atoms with Gasteiger partial charge in [0.15, 0.2) is 0 Å². The van der Waals surface area contributed by atoms with Crippen LogP contribution in [0.15, 0.2) is 121 Å². The predicted molar refractivity (Wildman–Crippen MR) is 113 cm³/mol. The molecule has 0 aliphatic heterocycles. The van der Waals surface area contributed by atoms with Gasteiger partial charge in [-0.3, -0.25) is 0 Å². The molecule has 0 unspecified atom stereocenters. The normalized spacial score (nSPS) is 9.54. The van der Waals surface area contributed by atoms with Gasteiger partial charge in [-0.15, -0.1) is 0 Å². The van der Waals surface area contributed by atoms with Crippen LogP contribution in [0.2, 0.25) is 0 Å². The second-order valence-corrected chi connectivity index (χ2v) is 7.52. The fourth-order valence-corrected chi connectivity index (χ4v) is 4.80. The number of hydrogen-bond acceptors (Lipinski definition) is 0. The third kappa shape index (κ3) is 6.51. The summed E-state index contributed by atoms with van der Waals surface area (Å²) in [5.74, 6) is 0. The summed E-state index contributed by atoms with van der Waals surface area (Å²) >= 11 is 3.35. The molecule has 0 amide bonds. The predicted octanol–water partition coefficient (Wildman–Crippen LogP) is 5.54. The minimum absolute atomic E-state index is 0.446. The van der Waals surface area contributed by atoms with E-state index in [0.29, 0.717) is 0 Å². The van der Waals surface area contributed by atoms with Gasteiger partial charge in [-0.2, -0.15) is 18.2 Å². The third-order valence-electron chi connectivity index (χ3n) is 3.60. The maximum absolute atomic E-state index is 4.26. The summed E-state index contributed by atoms with van der Waals surface area (Å²) < 4.78 is 0. The Kier molecular flexibility index (Phi) is 9.92. The van der Waals surface area contributed by atoms with Crippen LogP contribution in [0.25, 0.3) is 0 Å². The van der Waals surface area contributed by atoms with Crippen molar-refractivity contribution in [2.75, 3.05) is 0 Å². The molecule has 135 valence electrons. The van der Waals surface area contributed by atoms with Gasteiger partial charge < -0.3 is 0 Å². The van der Waals surface area contributed by atoms with E-state index >= 15 is 0 Å². The maximum Gasteiger partial charge on any atom is -0.0134 e. The summed E-state index contributed by atoms with van der Waals surface area (Å²) in [5, 5.41) is 4.19. The molecule has 4 rings (SSSR count). The number of halogens is 1. The van der Waals surface area contributed by atoms with Crippen LogP contribution in [-0.4, -0.2) is 0 Å². The van der Waals surface area contributed by atoms with Crippen LogP contribution in [0, 0.1) is 0 Å². The van der Waals surface area contributed by atoms with Crippen LogP contribution in [0.1, 0.15) is 0 Å². The van der Waals surface area contributed by atoms with Crippen molar-refractivity contribution in [2.24, 2.45) is 0 Å². The van der Waals surface area contributed by atoms with E-state index in [1.807, 2.05) is 30.3 Å². The molecule has 0 atom stereocenters. The van der Waals surface area contributed by atoms with Crippen LogP contribution in [0.4, 0.5) is 0 Å². The Balaban J connectivity index is 0.000000295. The van der Waals surface area contributed by atoms with Crippen LogP contribution >= 0.6 is 18.1 Å². The Morgan fingerprint density at radius 1 is 0.500 bits per heavy atom. The first kappa shape index (κ1) is 20.5. The van der Waals surface area contributed by atoms with Crippen molar-refractivity contribution in [3.8, 4) is 0 Å². The molecule has 0 N–H and O–H groups in total. The molecule has 0 aromatic heterocycles. The van der Waals surface area contributed by atoms with Crippen molar-refractivity contribution in [2.45, 2.75) is 0 Å². The molecule has 0 fully saturated rings. The minimum atomic E-state index is -0.446. The molecule has 0 spiro atoms. The van der Waals surface area contributed by atoms with E-state index in [9.17, 15) is 0 Å². The molecule has 4 aromatic carbocycles. The van der Waals surface area contributed by atoms with Gasteiger partial charge in [0.05, 0.1) is 0 Å². The van der Waals surface area contributed by atoms with Gasteiger partial charge in [0.2, 0.25) is 0 Å². The molecule has 0 aliphatic rings. The largest absolute Gasteiger partial charge is 0.214 e. The average Bonchev–Trinajstić information content (AvgIpc) is 3.33. The van der Waals surface area contributed by atoms with Crippen molar-refractivity contribution >= 4 is 34.0 Å². The molecule has 3 heteroatoms. The zero-order chi connectivity index (χ0) is 18.5. The third-order valence-corrected chi connectivity index (χ3v) is 6.04. The molecular weight excluding hydrogens is 401 g/mol. The molecule has 0 saturated carbocycles. The van der Waals surface area contributed by atoms with Gasteiger partial charge in [-0.25, -0.2) is 12.1 Å². The van der Waals surface area contributed by atoms with E-state index in [4.69, 9.17) is 0 Å². The summed E-state index contributed by atoms with van der Waals surface area (Å²) in [5.41, 5.74) is 0. The summed E-state index contributed by atoms with van der Waals surface area (Å²) in [6.07, 6.45) is 0.